The average molecular weight is 249 g/mol. The van der Waals surface area contributed by atoms with E-state index in [9.17, 15) is 4.79 Å². The van der Waals surface area contributed by atoms with Crippen molar-refractivity contribution in [1.82, 2.24) is 0 Å². The van der Waals surface area contributed by atoms with Crippen LogP contribution in [0.4, 0.5) is 11.4 Å². The maximum absolute atomic E-state index is 11.8. The SMILES string of the molecule is CN(CCN)c1ccc2c(c1)N(C)C(=O)CCO2. The first-order valence-corrected chi connectivity index (χ1v) is 6.08. The van der Waals surface area contributed by atoms with Crippen LogP contribution in [0.1, 0.15) is 6.42 Å². The van der Waals surface area contributed by atoms with Gasteiger partial charge in [-0.1, -0.05) is 0 Å². The van der Waals surface area contributed by atoms with Crippen molar-refractivity contribution in [3.8, 4) is 5.75 Å². The normalized spacial score (nSPS) is 14.8. The number of anilines is 2. The molecule has 2 rings (SSSR count). The molecular formula is C13H19N3O2. The number of fused-ring (bicyclic) bond motifs is 1. The maximum atomic E-state index is 11.8. The number of ether oxygens (including phenoxy) is 1. The summed E-state index contributed by atoms with van der Waals surface area (Å²) in [5.74, 6) is 0.834. The molecule has 1 aromatic carbocycles. The molecule has 1 heterocycles. The Morgan fingerprint density at radius 1 is 1.50 bits per heavy atom. The summed E-state index contributed by atoms with van der Waals surface area (Å²) in [6, 6.07) is 5.86. The van der Waals surface area contributed by atoms with E-state index in [1.807, 2.05) is 25.2 Å². The predicted octanol–water partition coefficient (Wildman–Crippen LogP) is 0.827. The molecule has 98 valence electrons. The standard InChI is InChI=1S/C13H19N3O2/c1-15(7-6-14)10-3-4-12-11(9-10)16(2)13(17)5-8-18-12/h3-4,9H,5-8,14H2,1-2H3. The third kappa shape index (κ3) is 2.41. The molecule has 5 heteroatoms. The van der Waals surface area contributed by atoms with E-state index in [0.29, 0.717) is 19.6 Å². The van der Waals surface area contributed by atoms with Crippen LogP contribution in [-0.2, 0) is 4.79 Å². The number of rotatable bonds is 3. The zero-order valence-electron chi connectivity index (χ0n) is 10.8. The Morgan fingerprint density at radius 2 is 2.28 bits per heavy atom. The molecule has 0 aliphatic carbocycles. The van der Waals surface area contributed by atoms with E-state index >= 15 is 0 Å². The lowest BCUT2D eigenvalue weighted by Gasteiger charge is -2.22. The van der Waals surface area contributed by atoms with Crippen LogP contribution in [-0.4, -0.2) is 39.7 Å². The van der Waals surface area contributed by atoms with Crippen molar-refractivity contribution in [2.24, 2.45) is 5.73 Å². The van der Waals surface area contributed by atoms with E-state index in [2.05, 4.69) is 4.90 Å². The van der Waals surface area contributed by atoms with Gasteiger partial charge in [-0.15, -0.1) is 0 Å². The monoisotopic (exact) mass is 249 g/mol. The van der Waals surface area contributed by atoms with Gasteiger partial charge in [-0.05, 0) is 18.2 Å². The van der Waals surface area contributed by atoms with Crippen LogP contribution in [0.2, 0.25) is 0 Å². The molecule has 1 aromatic rings. The van der Waals surface area contributed by atoms with Gasteiger partial charge in [0.25, 0.3) is 0 Å². The van der Waals surface area contributed by atoms with E-state index < -0.39 is 0 Å². The zero-order chi connectivity index (χ0) is 13.1. The van der Waals surface area contributed by atoms with Gasteiger partial charge in [0, 0.05) is 32.9 Å². The van der Waals surface area contributed by atoms with Crippen molar-refractivity contribution < 1.29 is 9.53 Å². The fraction of sp³-hybridized carbons (Fsp3) is 0.462. The second-order valence-electron chi connectivity index (χ2n) is 4.41. The Morgan fingerprint density at radius 3 is 3.00 bits per heavy atom. The van der Waals surface area contributed by atoms with Crippen LogP contribution in [0, 0.1) is 0 Å². The molecule has 0 bridgehead atoms. The fourth-order valence-corrected chi connectivity index (χ4v) is 2.00. The first-order chi connectivity index (χ1) is 8.63. The van der Waals surface area contributed by atoms with E-state index in [4.69, 9.17) is 10.5 Å². The third-order valence-electron chi connectivity index (χ3n) is 3.16. The number of hydrogen-bond donors (Lipinski definition) is 1. The minimum Gasteiger partial charge on any atom is -0.491 e. The summed E-state index contributed by atoms with van der Waals surface area (Å²) in [6.45, 7) is 1.81. The van der Waals surface area contributed by atoms with Gasteiger partial charge in [-0.25, -0.2) is 0 Å². The number of likely N-dealkylation sites (N-methyl/N-ethyl adjacent to an activating group) is 1. The number of amides is 1. The highest BCUT2D eigenvalue weighted by atomic mass is 16.5. The van der Waals surface area contributed by atoms with Crippen LogP contribution in [0.15, 0.2) is 18.2 Å². The highest BCUT2D eigenvalue weighted by molar-refractivity contribution is 5.95. The maximum Gasteiger partial charge on any atom is 0.230 e. The molecule has 0 radical (unpaired) electrons. The van der Waals surface area contributed by atoms with Crippen molar-refractivity contribution >= 4 is 17.3 Å². The van der Waals surface area contributed by atoms with E-state index in [1.54, 1.807) is 11.9 Å². The summed E-state index contributed by atoms with van der Waals surface area (Å²) in [7, 11) is 3.76. The quantitative estimate of drug-likeness (QED) is 0.862. The first-order valence-electron chi connectivity index (χ1n) is 6.08. The van der Waals surface area contributed by atoms with Crippen molar-refractivity contribution in [3.63, 3.8) is 0 Å². The highest BCUT2D eigenvalue weighted by Crippen LogP contribution is 2.34. The van der Waals surface area contributed by atoms with Gasteiger partial charge in [-0.2, -0.15) is 0 Å². The minimum atomic E-state index is 0.0763. The largest absolute Gasteiger partial charge is 0.491 e. The van der Waals surface area contributed by atoms with Crippen molar-refractivity contribution in [2.75, 3.05) is 43.6 Å². The van der Waals surface area contributed by atoms with E-state index in [0.717, 1.165) is 23.7 Å². The summed E-state index contributed by atoms with van der Waals surface area (Å²) in [5, 5.41) is 0. The number of carbonyl (C=O) groups excluding carboxylic acids is 1. The van der Waals surface area contributed by atoms with Gasteiger partial charge < -0.3 is 20.3 Å². The van der Waals surface area contributed by atoms with Crippen LogP contribution >= 0.6 is 0 Å². The lowest BCUT2D eigenvalue weighted by atomic mass is 10.2. The molecule has 0 fully saturated rings. The molecule has 18 heavy (non-hydrogen) atoms. The summed E-state index contributed by atoms with van der Waals surface area (Å²) in [6.07, 6.45) is 0.416. The molecule has 0 aromatic heterocycles. The number of hydrogen-bond acceptors (Lipinski definition) is 4. The minimum absolute atomic E-state index is 0.0763. The molecular weight excluding hydrogens is 230 g/mol. The topological polar surface area (TPSA) is 58.8 Å². The summed E-state index contributed by atoms with van der Waals surface area (Å²) < 4.78 is 5.58. The van der Waals surface area contributed by atoms with Gasteiger partial charge in [0.1, 0.15) is 5.75 Å². The summed E-state index contributed by atoms with van der Waals surface area (Å²) >= 11 is 0. The van der Waals surface area contributed by atoms with Gasteiger partial charge in [0.15, 0.2) is 0 Å². The third-order valence-corrected chi connectivity index (χ3v) is 3.16. The molecule has 1 aliphatic heterocycles. The van der Waals surface area contributed by atoms with Gasteiger partial charge in [0.2, 0.25) is 5.91 Å². The van der Waals surface area contributed by atoms with Crippen molar-refractivity contribution in [1.29, 1.82) is 0 Å². The molecule has 2 N–H and O–H groups in total. The number of nitrogens with two attached hydrogens (primary N) is 1. The summed E-state index contributed by atoms with van der Waals surface area (Å²) in [4.78, 5) is 15.5. The van der Waals surface area contributed by atoms with Crippen molar-refractivity contribution in [3.05, 3.63) is 18.2 Å². The van der Waals surface area contributed by atoms with Crippen molar-refractivity contribution in [2.45, 2.75) is 6.42 Å². The number of nitrogens with zero attached hydrogens (tertiary/aromatic N) is 2. The lowest BCUT2D eigenvalue weighted by molar-refractivity contribution is -0.118. The Balaban J connectivity index is 2.34. The van der Waals surface area contributed by atoms with E-state index in [-0.39, 0.29) is 5.91 Å². The Labute approximate surface area is 107 Å². The second-order valence-corrected chi connectivity index (χ2v) is 4.41. The summed E-state index contributed by atoms with van der Waals surface area (Å²) in [5.41, 5.74) is 7.40. The molecule has 0 spiro atoms. The van der Waals surface area contributed by atoms with Gasteiger partial charge in [-0.3, -0.25) is 4.79 Å². The van der Waals surface area contributed by atoms with Gasteiger partial charge >= 0.3 is 0 Å². The second kappa shape index (κ2) is 5.27. The Kier molecular flexibility index (Phi) is 3.72. The van der Waals surface area contributed by atoms with Crippen LogP contribution in [0.25, 0.3) is 0 Å². The number of benzene rings is 1. The van der Waals surface area contributed by atoms with E-state index in [1.165, 1.54) is 0 Å². The smallest absolute Gasteiger partial charge is 0.230 e. The molecule has 0 saturated carbocycles. The highest BCUT2D eigenvalue weighted by Gasteiger charge is 2.20. The fourth-order valence-electron chi connectivity index (χ4n) is 2.00. The zero-order valence-corrected chi connectivity index (χ0v) is 10.8. The molecule has 0 atom stereocenters. The van der Waals surface area contributed by atoms with Crippen LogP contribution < -0.4 is 20.3 Å². The lowest BCUT2D eigenvalue weighted by Crippen LogP contribution is -2.27. The molecule has 0 saturated heterocycles. The predicted molar refractivity (Wildman–Crippen MR) is 72.3 cm³/mol. The molecule has 5 nitrogen and oxygen atoms in total. The first kappa shape index (κ1) is 12.7. The molecule has 1 aliphatic rings. The Hall–Kier alpha value is -1.75. The molecule has 1 amide bonds. The van der Waals surface area contributed by atoms with Crippen LogP contribution in [0.3, 0.4) is 0 Å². The Bertz CT molecular complexity index is 448. The van der Waals surface area contributed by atoms with Gasteiger partial charge in [0.05, 0.1) is 18.7 Å². The number of carbonyl (C=O) groups is 1. The molecule has 0 unspecified atom stereocenters. The average Bonchev–Trinajstić information content (AvgIpc) is 2.50. The van der Waals surface area contributed by atoms with Crippen LogP contribution in [0.5, 0.6) is 5.75 Å².